The molecular weight excluding hydrogens is 352 g/mol. The van der Waals surface area contributed by atoms with E-state index in [0.717, 1.165) is 0 Å². The summed E-state index contributed by atoms with van der Waals surface area (Å²) in [5.41, 5.74) is 0. The first-order valence-electron chi connectivity index (χ1n) is 7.57. The van der Waals surface area contributed by atoms with Gasteiger partial charge in [0.25, 0.3) is 0 Å². The number of nitrogens with zero attached hydrogens (tertiary/aromatic N) is 3. The third kappa shape index (κ3) is 5.75. The number of sulfone groups is 1. The van der Waals surface area contributed by atoms with Gasteiger partial charge in [0.2, 0.25) is 11.8 Å². The number of amides is 2. The second kappa shape index (κ2) is 8.43. The van der Waals surface area contributed by atoms with Gasteiger partial charge in [-0.25, -0.2) is 18.4 Å². The van der Waals surface area contributed by atoms with Crippen LogP contribution in [0.15, 0.2) is 23.6 Å². The molecule has 8 nitrogen and oxygen atoms in total. The lowest BCUT2D eigenvalue weighted by Gasteiger charge is -2.21. The SMILES string of the molecule is CCN(CC(=O)N[C@@H]1CCS(=O)(=O)C1)C(=O)CSc1ncccn1. The predicted molar refractivity (Wildman–Crippen MR) is 90.2 cm³/mol. The first-order chi connectivity index (χ1) is 11.4. The molecule has 0 spiro atoms. The van der Waals surface area contributed by atoms with Gasteiger partial charge in [-0.15, -0.1) is 0 Å². The van der Waals surface area contributed by atoms with Crippen molar-refractivity contribution >= 4 is 33.4 Å². The van der Waals surface area contributed by atoms with Gasteiger partial charge in [0.05, 0.1) is 23.8 Å². The molecule has 1 aromatic rings. The van der Waals surface area contributed by atoms with Gasteiger partial charge in [0, 0.05) is 25.0 Å². The van der Waals surface area contributed by atoms with Crippen LogP contribution >= 0.6 is 11.8 Å². The van der Waals surface area contributed by atoms with Gasteiger partial charge in [-0.05, 0) is 19.4 Å². The molecule has 0 bridgehead atoms. The summed E-state index contributed by atoms with van der Waals surface area (Å²) in [4.78, 5) is 33.7. The topological polar surface area (TPSA) is 109 Å². The van der Waals surface area contributed by atoms with E-state index in [2.05, 4.69) is 15.3 Å². The quantitative estimate of drug-likeness (QED) is 0.518. The van der Waals surface area contributed by atoms with Crippen molar-refractivity contribution in [1.82, 2.24) is 20.2 Å². The summed E-state index contributed by atoms with van der Waals surface area (Å²) in [5, 5.41) is 3.19. The maximum atomic E-state index is 12.2. The maximum absolute atomic E-state index is 12.2. The first kappa shape index (κ1) is 18.7. The van der Waals surface area contributed by atoms with E-state index in [9.17, 15) is 18.0 Å². The Bertz CT molecular complexity index is 681. The molecule has 1 N–H and O–H groups in total. The van der Waals surface area contributed by atoms with E-state index in [-0.39, 0.29) is 41.7 Å². The van der Waals surface area contributed by atoms with E-state index in [1.165, 1.54) is 16.7 Å². The number of thioether (sulfide) groups is 1. The Morgan fingerprint density at radius 1 is 1.38 bits per heavy atom. The summed E-state index contributed by atoms with van der Waals surface area (Å²) in [5.74, 6) is -0.317. The number of likely N-dealkylation sites (N-methyl/N-ethyl adjacent to an activating group) is 1. The third-order valence-corrected chi connectivity index (χ3v) is 6.16. The van der Waals surface area contributed by atoms with Crippen LogP contribution in [0.3, 0.4) is 0 Å². The van der Waals surface area contributed by atoms with Crippen LogP contribution in [0.4, 0.5) is 0 Å². The first-order valence-corrected chi connectivity index (χ1v) is 10.4. The summed E-state index contributed by atoms with van der Waals surface area (Å²) in [6.07, 6.45) is 3.62. The van der Waals surface area contributed by atoms with Gasteiger partial charge in [-0.1, -0.05) is 11.8 Å². The van der Waals surface area contributed by atoms with Gasteiger partial charge in [-0.3, -0.25) is 9.59 Å². The third-order valence-electron chi connectivity index (χ3n) is 3.53. The average Bonchev–Trinajstić information content (AvgIpc) is 2.89. The van der Waals surface area contributed by atoms with Crippen LogP contribution in [-0.4, -0.2) is 71.5 Å². The van der Waals surface area contributed by atoms with Crippen LogP contribution in [0.5, 0.6) is 0 Å². The molecule has 24 heavy (non-hydrogen) atoms. The van der Waals surface area contributed by atoms with Crippen molar-refractivity contribution in [1.29, 1.82) is 0 Å². The molecular formula is C14H20N4O4S2. The molecule has 1 aromatic heterocycles. The zero-order valence-corrected chi connectivity index (χ0v) is 15.0. The standard InChI is InChI=1S/C14H20N4O4S2/c1-2-18(13(20)9-23-14-15-5-3-6-16-14)8-12(19)17-11-4-7-24(21,22)10-11/h3,5-6,11H,2,4,7-10H2,1H3,(H,17,19)/t11-/m1/s1. The monoisotopic (exact) mass is 372 g/mol. The van der Waals surface area contributed by atoms with Gasteiger partial charge < -0.3 is 10.2 Å². The number of aromatic nitrogens is 2. The summed E-state index contributed by atoms with van der Waals surface area (Å²) in [6.45, 7) is 2.10. The molecule has 2 heterocycles. The zero-order valence-electron chi connectivity index (χ0n) is 13.3. The van der Waals surface area contributed by atoms with Gasteiger partial charge in [0.1, 0.15) is 0 Å². The molecule has 1 aliphatic rings. The molecule has 0 saturated carbocycles. The number of carbonyl (C=O) groups is 2. The van der Waals surface area contributed by atoms with Gasteiger partial charge in [0.15, 0.2) is 15.0 Å². The van der Waals surface area contributed by atoms with E-state index in [0.29, 0.717) is 18.1 Å². The Hall–Kier alpha value is -1.68. The summed E-state index contributed by atoms with van der Waals surface area (Å²) in [6, 6.07) is 1.33. The lowest BCUT2D eigenvalue weighted by atomic mass is 10.2. The van der Waals surface area contributed by atoms with Crippen LogP contribution < -0.4 is 5.32 Å². The van der Waals surface area contributed by atoms with E-state index in [4.69, 9.17) is 0 Å². The Kier molecular flexibility index (Phi) is 6.55. The summed E-state index contributed by atoms with van der Waals surface area (Å²) >= 11 is 1.21. The fourth-order valence-corrected chi connectivity index (χ4v) is 4.69. The van der Waals surface area contributed by atoms with Crippen LogP contribution in [0.2, 0.25) is 0 Å². The highest BCUT2D eigenvalue weighted by Crippen LogP contribution is 2.13. The van der Waals surface area contributed by atoms with E-state index in [1.54, 1.807) is 25.4 Å². The second-order valence-corrected chi connectivity index (χ2v) is 8.57. The lowest BCUT2D eigenvalue weighted by molar-refractivity contribution is -0.134. The van der Waals surface area contributed by atoms with Crippen LogP contribution in [0.25, 0.3) is 0 Å². The molecule has 0 aliphatic carbocycles. The Labute approximate surface area is 145 Å². The average molecular weight is 372 g/mol. The fraction of sp³-hybridized carbons (Fsp3) is 0.571. The van der Waals surface area contributed by atoms with Crippen molar-refractivity contribution in [3.05, 3.63) is 18.5 Å². The molecule has 0 radical (unpaired) electrons. The molecule has 2 amide bonds. The predicted octanol–water partition coefficient (Wildman–Crippen LogP) is -0.279. The highest BCUT2D eigenvalue weighted by Gasteiger charge is 2.29. The molecule has 0 unspecified atom stereocenters. The minimum absolute atomic E-state index is 0.0278. The highest BCUT2D eigenvalue weighted by molar-refractivity contribution is 7.99. The Balaban J connectivity index is 1.80. The largest absolute Gasteiger partial charge is 0.351 e. The number of nitrogens with one attached hydrogen (secondary N) is 1. The van der Waals surface area contributed by atoms with Crippen molar-refractivity contribution in [2.45, 2.75) is 24.5 Å². The van der Waals surface area contributed by atoms with E-state index >= 15 is 0 Å². The molecule has 1 atom stereocenters. The molecule has 2 rings (SSSR count). The van der Waals surface area contributed by atoms with Crippen molar-refractivity contribution in [2.24, 2.45) is 0 Å². The molecule has 0 aromatic carbocycles. The van der Waals surface area contributed by atoms with E-state index < -0.39 is 9.84 Å². The smallest absolute Gasteiger partial charge is 0.239 e. The number of carbonyl (C=O) groups excluding carboxylic acids is 2. The highest BCUT2D eigenvalue weighted by atomic mass is 32.2. The number of hydrogen-bond acceptors (Lipinski definition) is 7. The van der Waals surface area contributed by atoms with Crippen molar-refractivity contribution in [2.75, 3.05) is 30.3 Å². The molecule has 1 aliphatic heterocycles. The van der Waals surface area contributed by atoms with Gasteiger partial charge >= 0.3 is 0 Å². The van der Waals surface area contributed by atoms with Crippen LogP contribution in [-0.2, 0) is 19.4 Å². The van der Waals surface area contributed by atoms with Crippen LogP contribution in [0.1, 0.15) is 13.3 Å². The van der Waals surface area contributed by atoms with Crippen molar-refractivity contribution in [3.8, 4) is 0 Å². The fourth-order valence-electron chi connectivity index (χ4n) is 2.31. The van der Waals surface area contributed by atoms with Crippen LogP contribution in [0, 0.1) is 0 Å². The molecule has 132 valence electrons. The molecule has 10 heteroatoms. The Morgan fingerprint density at radius 2 is 2.08 bits per heavy atom. The second-order valence-electron chi connectivity index (χ2n) is 5.40. The Morgan fingerprint density at radius 3 is 2.67 bits per heavy atom. The van der Waals surface area contributed by atoms with Crippen molar-refractivity contribution in [3.63, 3.8) is 0 Å². The minimum Gasteiger partial charge on any atom is -0.351 e. The summed E-state index contributed by atoms with van der Waals surface area (Å²) < 4.78 is 22.8. The number of rotatable bonds is 7. The number of hydrogen-bond donors (Lipinski definition) is 1. The molecule has 1 saturated heterocycles. The van der Waals surface area contributed by atoms with Gasteiger partial charge in [-0.2, -0.15) is 0 Å². The normalized spacial score (nSPS) is 19.0. The van der Waals surface area contributed by atoms with E-state index in [1.807, 2.05) is 0 Å². The lowest BCUT2D eigenvalue weighted by Crippen LogP contribution is -2.45. The minimum atomic E-state index is -3.04. The zero-order chi connectivity index (χ0) is 17.6. The van der Waals surface area contributed by atoms with Crippen molar-refractivity contribution < 1.29 is 18.0 Å². The summed E-state index contributed by atoms with van der Waals surface area (Å²) in [7, 11) is -3.04. The molecule has 1 fully saturated rings. The maximum Gasteiger partial charge on any atom is 0.239 e.